The number of benzene rings is 2. The average molecular weight is 348 g/mol. The van der Waals surface area contributed by atoms with Crippen molar-refractivity contribution in [2.45, 2.75) is 26.1 Å². The average Bonchev–Trinajstić information content (AvgIpc) is 2.61. The van der Waals surface area contributed by atoms with Crippen molar-refractivity contribution < 1.29 is 13.6 Å². The van der Waals surface area contributed by atoms with Crippen LogP contribution in [0.2, 0.25) is 0 Å². The third-order valence-corrected chi connectivity index (χ3v) is 4.39. The standard InChI is InChI=1S/C18H25N2O3P/c19-11-9-15-1-5-17(6-2-15)13-22-24(21)23-14-18-7-3-16(4-8-18)10-12-20/h1-8,24H,9-14,19-20H2. The molecule has 2 aromatic carbocycles. The Bertz CT molecular complexity index is 574. The van der Waals surface area contributed by atoms with Crippen LogP contribution in [0.5, 0.6) is 0 Å². The van der Waals surface area contributed by atoms with E-state index in [1.165, 1.54) is 11.1 Å². The Morgan fingerprint density at radius 2 is 1.00 bits per heavy atom. The molecule has 2 rings (SSSR count). The van der Waals surface area contributed by atoms with Gasteiger partial charge in [-0.15, -0.1) is 0 Å². The molecule has 0 heterocycles. The van der Waals surface area contributed by atoms with E-state index in [-0.39, 0.29) is 13.2 Å². The first kappa shape index (κ1) is 18.8. The molecule has 0 aliphatic rings. The van der Waals surface area contributed by atoms with Gasteiger partial charge in [0.1, 0.15) is 0 Å². The van der Waals surface area contributed by atoms with Gasteiger partial charge in [0.2, 0.25) is 0 Å². The highest BCUT2D eigenvalue weighted by atomic mass is 31.1. The topological polar surface area (TPSA) is 87.6 Å². The molecule has 0 atom stereocenters. The summed E-state index contributed by atoms with van der Waals surface area (Å²) in [6, 6.07) is 15.8. The minimum Gasteiger partial charge on any atom is -0.330 e. The molecule has 6 heteroatoms. The molecule has 0 radical (unpaired) electrons. The fourth-order valence-electron chi connectivity index (χ4n) is 2.26. The Morgan fingerprint density at radius 3 is 1.33 bits per heavy atom. The lowest BCUT2D eigenvalue weighted by atomic mass is 10.1. The van der Waals surface area contributed by atoms with Gasteiger partial charge < -0.3 is 20.5 Å². The summed E-state index contributed by atoms with van der Waals surface area (Å²) in [5.74, 6) is 0. The summed E-state index contributed by atoms with van der Waals surface area (Å²) in [4.78, 5) is 0. The lowest BCUT2D eigenvalue weighted by molar-refractivity contribution is 0.213. The highest BCUT2D eigenvalue weighted by Crippen LogP contribution is 2.27. The van der Waals surface area contributed by atoms with E-state index < -0.39 is 8.25 Å². The molecule has 0 aliphatic carbocycles. The van der Waals surface area contributed by atoms with Crippen LogP contribution in [0.4, 0.5) is 0 Å². The number of hydrogen-bond acceptors (Lipinski definition) is 5. The second kappa shape index (κ2) is 10.4. The van der Waals surface area contributed by atoms with Crippen LogP contribution in [0.25, 0.3) is 0 Å². The highest BCUT2D eigenvalue weighted by molar-refractivity contribution is 7.33. The molecule has 24 heavy (non-hydrogen) atoms. The summed E-state index contributed by atoms with van der Waals surface area (Å²) in [6.07, 6.45) is 1.70. The smallest absolute Gasteiger partial charge is 0.319 e. The Labute approximate surface area is 143 Å². The van der Waals surface area contributed by atoms with E-state index in [4.69, 9.17) is 20.5 Å². The molecule has 130 valence electrons. The van der Waals surface area contributed by atoms with Crippen molar-refractivity contribution in [2.75, 3.05) is 13.1 Å². The van der Waals surface area contributed by atoms with Crippen molar-refractivity contribution in [2.24, 2.45) is 11.5 Å². The molecular weight excluding hydrogens is 323 g/mol. The van der Waals surface area contributed by atoms with Crippen LogP contribution in [-0.2, 0) is 39.7 Å². The molecular formula is C18H25N2O3P. The van der Waals surface area contributed by atoms with Crippen LogP contribution < -0.4 is 11.5 Å². The third-order valence-electron chi connectivity index (χ3n) is 3.63. The minimum absolute atomic E-state index is 0.274. The fourth-order valence-corrected chi connectivity index (χ4v) is 2.92. The molecule has 5 nitrogen and oxygen atoms in total. The quantitative estimate of drug-likeness (QED) is 0.645. The van der Waals surface area contributed by atoms with Crippen molar-refractivity contribution >= 4 is 8.25 Å². The predicted molar refractivity (Wildman–Crippen MR) is 97.0 cm³/mol. The first-order valence-electron chi connectivity index (χ1n) is 8.06. The summed E-state index contributed by atoms with van der Waals surface area (Å²) in [7, 11) is -2.51. The summed E-state index contributed by atoms with van der Waals surface area (Å²) in [5, 5.41) is 0. The van der Waals surface area contributed by atoms with Crippen LogP contribution in [-0.4, -0.2) is 13.1 Å². The Morgan fingerprint density at radius 1 is 0.667 bits per heavy atom. The van der Waals surface area contributed by atoms with E-state index in [2.05, 4.69) is 0 Å². The second-order valence-electron chi connectivity index (χ2n) is 5.54. The minimum atomic E-state index is -2.51. The zero-order valence-electron chi connectivity index (χ0n) is 13.7. The maximum absolute atomic E-state index is 11.8. The number of hydrogen-bond donors (Lipinski definition) is 2. The maximum atomic E-state index is 11.8. The molecule has 0 unspecified atom stereocenters. The highest BCUT2D eigenvalue weighted by Gasteiger charge is 2.03. The molecule has 0 saturated heterocycles. The largest absolute Gasteiger partial charge is 0.330 e. The van der Waals surface area contributed by atoms with Crippen LogP contribution in [0, 0.1) is 0 Å². The van der Waals surface area contributed by atoms with E-state index >= 15 is 0 Å². The van der Waals surface area contributed by atoms with Gasteiger partial charge in [0.05, 0.1) is 13.2 Å². The lowest BCUT2D eigenvalue weighted by Gasteiger charge is -2.07. The maximum Gasteiger partial charge on any atom is 0.319 e. The summed E-state index contributed by atoms with van der Waals surface area (Å²) in [6.45, 7) is 1.81. The molecule has 0 saturated carbocycles. The van der Waals surface area contributed by atoms with Gasteiger partial charge in [-0.05, 0) is 48.2 Å². The molecule has 2 aromatic rings. The monoisotopic (exact) mass is 348 g/mol. The van der Waals surface area contributed by atoms with E-state index in [0.29, 0.717) is 13.1 Å². The van der Waals surface area contributed by atoms with Crippen molar-refractivity contribution in [1.82, 2.24) is 0 Å². The Kier molecular flexibility index (Phi) is 8.16. The Balaban J connectivity index is 1.72. The van der Waals surface area contributed by atoms with Crippen molar-refractivity contribution in [3.05, 3.63) is 70.8 Å². The molecule has 0 aromatic heterocycles. The number of rotatable bonds is 10. The first-order chi connectivity index (χ1) is 11.7. The zero-order chi connectivity index (χ0) is 17.2. The van der Waals surface area contributed by atoms with Gasteiger partial charge in [-0.25, -0.2) is 0 Å². The first-order valence-corrected chi connectivity index (χ1v) is 9.29. The second-order valence-corrected chi connectivity index (χ2v) is 6.62. The van der Waals surface area contributed by atoms with E-state index in [1.807, 2.05) is 48.5 Å². The van der Waals surface area contributed by atoms with Gasteiger partial charge in [-0.3, -0.25) is 4.57 Å². The summed E-state index contributed by atoms with van der Waals surface area (Å²) >= 11 is 0. The normalized spacial score (nSPS) is 11.1. The summed E-state index contributed by atoms with van der Waals surface area (Å²) < 4.78 is 22.4. The van der Waals surface area contributed by atoms with E-state index in [9.17, 15) is 4.57 Å². The van der Waals surface area contributed by atoms with Crippen molar-refractivity contribution in [3.8, 4) is 0 Å². The fraction of sp³-hybridized carbons (Fsp3) is 0.333. The van der Waals surface area contributed by atoms with Crippen molar-refractivity contribution in [1.29, 1.82) is 0 Å². The van der Waals surface area contributed by atoms with Crippen LogP contribution >= 0.6 is 8.25 Å². The van der Waals surface area contributed by atoms with Gasteiger partial charge in [0.25, 0.3) is 0 Å². The molecule has 0 aliphatic heterocycles. The van der Waals surface area contributed by atoms with E-state index in [0.717, 1.165) is 24.0 Å². The van der Waals surface area contributed by atoms with E-state index in [1.54, 1.807) is 0 Å². The predicted octanol–water partition coefficient (Wildman–Crippen LogP) is 2.81. The Hall–Kier alpha value is -1.49. The third kappa shape index (κ3) is 6.56. The lowest BCUT2D eigenvalue weighted by Crippen LogP contribution is -2.02. The molecule has 4 N–H and O–H groups in total. The van der Waals surface area contributed by atoms with Gasteiger partial charge in [-0.2, -0.15) is 0 Å². The number of nitrogens with two attached hydrogens (primary N) is 2. The molecule has 0 bridgehead atoms. The zero-order valence-corrected chi connectivity index (χ0v) is 14.7. The van der Waals surface area contributed by atoms with Gasteiger partial charge in [0.15, 0.2) is 0 Å². The molecule has 0 fully saturated rings. The van der Waals surface area contributed by atoms with Crippen LogP contribution in [0.1, 0.15) is 22.3 Å². The summed E-state index contributed by atoms with van der Waals surface area (Å²) in [5.41, 5.74) is 15.3. The SMILES string of the molecule is NCCc1ccc(CO[PH](=O)OCc2ccc(CCN)cc2)cc1. The van der Waals surface area contributed by atoms with Crippen molar-refractivity contribution in [3.63, 3.8) is 0 Å². The van der Waals surface area contributed by atoms with Gasteiger partial charge >= 0.3 is 8.25 Å². The van der Waals surface area contributed by atoms with Gasteiger partial charge in [0, 0.05) is 0 Å². The van der Waals surface area contributed by atoms with Crippen LogP contribution in [0.3, 0.4) is 0 Å². The van der Waals surface area contributed by atoms with Crippen LogP contribution in [0.15, 0.2) is 48.5 Å². The van der Waals surface area contributed by atoms with Gasteiger partial charge in [-0.1, -0.05) is 48.5 Å². The molecule has 0 amide bonds. The molecule has 0 spiro atoms.